The van der Waals surface area contributed by atoms with E-state index in [1.54, 1.807) is 0 Å². The minimum absolute atomic E-state index is 0.135. The van der Waals surface area contributed by atoms with Crippen LogP contribution in [0.5, 0.6) is 5.75 Å². The molecule has 1 amide bonds. The van der Waals surface area contributed by atoms with Gasteiger partial charge >= 0.3 is 5.97 Å². The summed E-state index contributed by atoms with van der Waals surface area (Å²) in [4.78, 5) is 23.4. The molecule has 0 bridgehead atoms. The summed E-state index contributed by atoms with van der Waals surface area (Å²) in [6, 6.07) is 11.3. The summed E-state index contributed by atoms with van der Waals surface area (Å²) in [7, 11) is 0. The van der Waals surface area contributed by atoms with Gasteiger partial charge in [-0.1, -0.05) is 65.0 Å². The maximum Gasteiger partial charge on any atom is 0.328 e. The monoisotopic (exact) mass is 541 g/mol. The normalized spacial score (nSPS) is 14.4. The third-order valence-electron chi connectivity index (χ3n) is 7.94. The van der Waals surface area contributed by atoms with Crippen LogP contribution in [0.1, 0.15) is 88.6 Å². The lowest BCUT2D eigenvalue weighted by Crippen LogP contribution is -2.49. The molecule has 2 rings (SSSR count). The zero-order valence-electron chi connectivity index (χ0n) is 24.8. The van der Waals surface area contributed by atoms with Crippen LogP contribution in [0, 0.1) is 19.3 Å². The largest absolute Gasteiger partial charge is 0.484 e. The van der Waals surface area contributed by atoms with Crippen molar-refractivity contribution in [2.24, 2.45) is 5.41 Å². The SMILES string of the molecule is CCC(CC)(c1ccc(CCC(O)C(C)(C)C)c(C)c1)c1ccc(OCC(=O)NC(C(=O)O)C(C)O)c(C)c1. The van der Waals surface area contributed by atoms with Crippen LogP contribution < -0.4 is 10.1 Å². The summed E-state index contributed by atoms with van der Waals surface area (Å²) in [5.41, 5.74) is 5.43. The second-order valence-electron chi connectivity index (χ2n) is 11.7. The number of aliphatic hydroxyl groups is 2. The van der Waals surface area contributed by atoms with Gasteiger partial charge in [0.05, 0.1) is 12.2 Å². The van der Waals surface area contributed by atoms with E-state index < -0.39 is 24.0 Å². The number of rotatable bonds is 13. The third kappa shape index (κ3) is 8.05. The Morgan fingerprint density at radius 1 is 0.949 bits per heavy atom. The summed E-state index contributed by atoms with van der Waals surface area (Å²) < 4.78 is 5.70. The van der Waals surface area contributed by atoms with Gasteiger partial charge in [0.2, 0.25) is 0 Å². The Balaban J connectivity index is 2.23. The van der Waals surface area contributed by atoms with E-state index in [4.69, 9.17) is 9.84 Å². The fraction of sp³-hybridized carbons (Fsp3) is 0.562. The van der Waals surface area contributed by atoms with Gasteiger partial charge in [0.25, 0.3) is 5.91 Å². The molecular weight excluding hydrogens is 494 g/mol. The van der Waals surface area contributed by atoms with Gasteiger partial charge in [-0.05, 0) is 85.8 Å². The van der Waals surface area contributed by atoms with Crippen molar-refractivity contribution >= 4 is 11.9 Å². The summed E-state index contributed by atoms with van der Waals surface area (Å²) in [5.74, 6) is -1.38. The number of aryl methyl sites for hydroxylation is 3. The van der Waals surface area contributed by atoms with Crippen LogP contribution in [-0.4, -0.2) is 52.1 Å². The predicted octanol–water partition coefficient (Wildman–Crippen LogP) is 5.08. The smallest absolute Gasteiger partial charge is 0.328 e. The summed E-state index contributed by atoms with van der Waals surface area (Å²) in [6.45, 7) is 15.6. The average molecular weight is 542 g/mol. The van der Waals surface area contributed by atoms with E-state index in [-0.39, 0.29) is 23.5 Å². The van der Waals surface area contributed by atoms with Crippen LogP contribution in [0.3, 0.4) is 0 Å². The lowest BCUT2D eigenvalue weighted by Gasteiger charge is -2.34. The van der Waals surface area contributed by atoms with Gasteiger partial charge in [-0.25, -0.2) is 4.79 Å². The minimum atomic E-state index is -1.39. The quantitative estimate of drug-likeness (QED) is 0.281. The Labute approximate surface area is 233 Å². The maximum absolute atomic E-state index is 12.2. The first-order chi connectivity index (χ1) is 18.2. The summed E-state index contributed by atoms with van der Waals surface area (Å²) in [6.07, 6.45) is 1.79. The van der Waals surface area contributed by atoms with Crippen molar-refractivity contribution in [3.8, 4) is 5.75 Å². The summed E-state index contributed by atoms with van der Waals surface area (Å²) in [5, 5.41) is 31.5. The molecule has 0 aliphatic heterocycles. The number of carboxylic acids is 1. The highest BCUT2D eigenvalue weighted by Gasteiger charge is 2.32. The fourth-order valence-corrected chi connectivity index (χ4v) is 5.09. The first kappa shape index (κ1) is 32.3. The molecule has 0 aliphatic rings. The van der Waals surface area contributed by atoms with E-state index in [0.717, 1.165) is 36.8 Å². The number of carbonyl (C=O) groups excluding carboxylic acids is 1. The van der Waals surface area contributed by atoms with Crippen molar-refractivity contribution in [3.05, 3.63) is 64.2 Å². The van der Waals surface area contributed by atoms with Crippen molar-refractivity contribution in [3.63, 3.8) is 0 Å². The number of nitrogens with one attached hydrogen (secondary N) is 1. The van der Waals surface area contributed by atoms with E-state index in [1.807, 2.05) is 19.1 Å². The molecule has 0 saturated heterocycles. The van der Waals surface area contributed by atoms with Crippen LogP contribution in [0.2, 0.25) is 0 Å². The number of aliphatic carboxylic acids is 1. The predicted molar refractivity (Wildman–Crippen MR) is 154 cm³/mol. The van der Waals surface area contributed by atoms with Gasteiger partial charge < -0.3 is 25.4 Å². The molecule has 0 radical (unpaired) electrons. The molecule has 2 aromatic rings. The van der Waals surface area contributed by atoms with Gasteiger partial charge in [0.15, 0.2) is 12.6 Å². The number of carbonyl (C=O) groups is 2. The molecule has 0 fully saturated rings. The highest BCUT2D eigenvalue weighted by Crippen LogP contribution is 2.41. The average Bonchev–Trinajstić information content (AvgIpc) is 2.86. The zero-order chi connectivity index (χ0) is 29.5. The first-order valence-electron chi connectivity index (χ1n) is 13.9. The topological polar surface area (TPSA) is 116 Å². The third-order valence-corrected chi connectivity index (χ3v) is 7.94. The number of ether oxygens (including phenoxy) is 1. The molecule has 2 aromatic carbocycles. The molecule has 7 heteroatoms. The van der Waals surface area contributed by atoms with Crippen molar-refractivity contribution < 1.29 is 29.6 Å². The standard InChI is InChI=1S/C32H47NO6/c1-9-32(10-2,24-13-11-23(20(3)17-24)12-16-27(35)31(6,7)8)25-14-15-26(21(4)18-25)39-19-28(36)33-29(22(5)34)30(37)38/h11,13-15,17-18,22,27,29,34-35H,9-10,12,16,19H2,1-8H3,(H,33,36)(H,37,38). The second-order valence-corrected chi connectivity index (χ2v) is 11.7. The van der Waals surface area contributed by atoms with Gasteiger partial charge in [0.1, 0.15) is 5.75 Å². The number of hydrogen-bond acceptors (Lipinski definition) is 5. The van der Waals surface area contributed by atoms with Crippen LogP contribution in [0.25, 0.3) is 0 Å². The first-order valence-corrected chi connectivity index (χ1v) is 13.9. The number of hydrogen-bond donors (Lipinski definition) is 4. The molecule has 3 unspecified atom stereocenters. The van der Waals surface area contributed by atoms with E-state index in [9.17, 15) is 19.8 Å². The Hall–Kier alpha value is -2.90. The Bertz CT molecular complexity index is 1130. The van der Waals surface area contributed by atoms with E-state index in [0.29, 0.717) is 5.75 Å². The Kier molecular flexibility index (Phi) is 11.1. The maximum atomic E-state index is 12.2. The van der Waals surface area contributed by atoms with Gasteiger partial charge in [0, 0.05) is 5.41 Å². The van der Waals surface area contributed by atoms with Crippen molar-refractivity contribution in [2.75, 3.05) is 6.61 Å². The fourth-order valence-electron chi connectivity index (χ4n) is 5.09. The molecule has 0 aliphatic carbocycles. The van der Waals surface area contributed by atoms with Crippen LogP contribution >= 0.6 is 0 Å². The number of aliphatic hydroxyl groups excluding tert-OH is 2. The number of amides is 1. The lowest BCUT2D eigenvalue weighted by molar-refractivity contribution is -0.145. The highest BCUT2D eigenvalue weighted by molar-refractivity contribution is 5.84. The lowest BCUT2D eigenvalue weighted by atomic mass is 9.69. The molecule has 3 atom stereocenters. The van der Waals surface area contributed by atoms with Crippen LogP contribution in [0.15, 0.2) is 36.4 Å². The van der Waals surface area contributed by atoms with Gasteiger partial charge in [-0.3, -0.25) is 4.79 Å². The molecular formula is C32H47NO6. The van der Waals surface area contributed by atoms with Crippen molar-refractivity contribution in [1.29, 1.82) is 0 Å². The van der Waals surface area contributed by atoms with E-state index in [1.165, 1.54) is 23.6 Å². The van der Waals surface area contributed by atoms with Crippen LogP contribution in [0.4, 0.5) is 0 Å². The van der Waals surface area contributed by atoms with Gasteiger partial charge in [-0.2, -0.15) is 0 Å². The van der Waals surface area contributed by atoms with Crippen LogP contribution in [-0.2, 0) is 21.4 Å². The van der Waals surface area contributed by atoms with Crippen molar-refractivity contribution in [2.45, 2.75) is 105 Å². The molecule has 0 heterocycles. The second kappa shape index (κ2) is 13.4. The molecule has 7 nitrogen and oxygen atoms in total. The van der Waals surface area contributed by atoms with E-state index in [2.05, 4.69) is 71.1 Å². The molecule has 39 heavy (non-hydrogen) atoms. The van der Waals surface area contributed by atoms with Crippen molar-refractivity contribution in [1.82, 2.24) is 5.32 Å². The number of benzene rings is 2. The van der Waals surface area contributed by atoms with E-state index >= 15 is 0 Å². The molecule has 0 saturated carbocycles. The van der Waals surface area contributed by atoms with Gasteiger partial charge in [-0.15, -0.1) is 0 Å². The summed E-state index contributed by atoms with van der Waals surface area (Å²) >= 11 is 0. The Morgan fingerprint density at radius 3 is 1.97 bits per heavy atom. The highest BCUT2D eigenvalue weighted by atomic mass is 16.5. The number of carboxylic acid groups (broad SMARTS) is 1. The molecule has 216 valence electrons. The Morgan fingerprint density at radius 2 is 1.51 bits per heavy atom. The minimum Gasteiger partial charge on any atom is -0.484 e. The molecule has 4 N–H and O–H groups in total. The molecule has 0 spiro atoms. The molecule has 0 aromatic heterocycles. The zero-order valence-corrected chi connectivity index (χ0v) is 24.8.